The Morgan fingerprint density at radius 1 is 1.50 bits per heavy atom. The van der Waals surface area contributed by atoms with Crippen molar-refractivity contribution >= 4 is 34.1 Å². The first kappa shape index (κ1) is 11.2. The molecule has 0 spiro atoms. The molecule has 1 aromatic carbocycles. The Balaban J connectivity index is 2.14. The van der Waals surface area contributed by atoms with Crippen molar-refractivity contribution in [3.63, 3.8) is 0 Å². The summed E-state index contributed by atoms with van der Waals surface area (Å²) < 4.78 is 0. The zero-order valence-electron chi connectivity index (χ0n) is 8.64. The van der Waals surface area contributed by atoms with Crippen molar-refractivity contribution in [2.24, 2.45) is 0 Å². The van der Waals surface area contributed by atoms with E-state index in [-0.39, 0.29) is 5.91 Å². The van der Waals surface area contributed by atoms with E-state index >= 15 is 0 Å². The maximum absolute atomic E-state index is 11.8. The van der Waals surface area contributed by atoms with E-state index in [0.29, 0.717) is 10.7 Å². The lowest BCUT2D eigenvalue weighted by molar-refractivity contribution is 0.102. The van der Waals surface area contributed by atoms with Crippen LogP contribution in [0.5, 0.6) is 0 Å². The number of thioether (sulfide) groups is 1. The molecule has 0 aliphatic rings. The number of carbonyl (C=O) groups is 1. The third kappa shape index (κ3) is 2.62. The number of hydrogen-bond acceptors (Lipinski definition) is 4. The van der Waals surface area contributed by atoms with Gasteiger partial charge in [-0.1, -0.05) is 6.07 Å². The van der Waals surface area contributed by atoms with Crippen LogP contribution in [-0.4, -0.2) is 17.1 Å². The average Bonchev–Trinajstić information content (AvgIpc) is 2.82. The standard InChI is InChI=1S/C11H10N2OS2/c1-15-9-4-2-3-8(7-9)10(14)13-11-12-5-6-16-11/h2-7H,1H3,(H,12,13,14). The third-order valence-electron chi connectivity index (χ3n) is 1.98. The van der Waals surface area contributed by atoms with E-state index in [9.17, 15) is 4.79 Å². The molecule has 82 valence electrons. The summed E-state index contributed by atoms with van der Waals surface area (Å²) in [6.45, 7) is 0. The van der Waals surface area contributed by atoms with Gasteiger partial charge in [0.25, 0.3) is 5.91 Å². The maximum Gasteiger partial charge on any atom is 0.257 e. The van der Waals surface area contributed by atoms with Crippen LogP contribution in [0, 0.1) is 0 Å². The molecular formula is C11H10N2OS2. The highest BCUT2D eigenvalue weighted by atomic mass is 32.2. The van der Waals surface area contributed by atoms with E-state index in [1.165, 1.54) is 11.3 Å². The monoisotopic (exact) mass is 250 g/mol. The lowest BCUT2D eigenvalue weighted by Gasteiger charge is -2.03. The van der Waals surface area contributed by atoms with Crippen LogP contribution in [0.25, 0.3) is 0 Å². The molecule has 0 aliphatic heterocycles. The van der Waals surface area contributed by atoms with Crippen LogP contribution in [0.4, 0.5) is 5.13 Å². The van der Waals surface area contributed by atoms with Crippen LogP contribution in [0.3, 0.4) is 0 Å². The van der Waals surface area contributed by atoms with Crippen LogP contribution in [0.15, 0.2) is 40.7 Å². The van der Waals surface area contributed by atoms with Gasteiger partial charge in [0.15, 0.2) is 5.13 Å². The minimum atomic E-state index is -0.120. The van der Waals surface area contributed by atoms with Gasteiger partial charge in [0.2, 0.25) is 0 Å². The van der Waals surface area contributed by atoms with Crippen LogP contribution >= 0.6 is 23.1 Å². The van der Waals surface area contributed by atoms with Crippen molar-refractivity contribution in [3.05, 3.63) is 41.4 Å². The van der Waals surface area contributed by atoms with Gasteiger partial charge >= 0.3 is 0 Å². The number of benzene rings is 1. The van der Waals surface area contributed by atoms with Crippen molar-refractivity contribution in [2.45, 2.75) is 4.90 Å². The number of carbonyl (C=O) groups excluding carboxylic acids is 1. The molecule has 0 aliphatic carbocycles. The second kappa shape index (κ2) is 5.14. The molecule has 0 saturated carbocycles. The Labute approximate surface area is 102 Å². The number of nitrogens with one attached hydrogen (secondary N) is 1. The fourth-order valence-electron chi connectivity index (χ4n) is 1.22. The lowest BCUT2D eigenvalue weighted by Crippen LogP contribution is -2.11. The second-order valence-electron chi connectivity index (χ2n) is 3.02. The van der Waals surface area contributed by atoms with E-state index in [4.69, 9.17) is 0 Å². The molecule has 1 amide bonds. The van der Waals surface area contributed by atoms with Crippen LogP contribution in [0.2, 0.25) is 0 Å². The quantitative estimate of drug-likeness (QED) is 0.851. The molecule has 0 fully saturated rings. The summed E-state index contributed by atoms with van der Waals surface area (Å²) in [6, 6.07) is 7.52. The normalized spacial score (nSPS) is 10.1. The Morgan fingerprint density at radius 3 is 3.06 bits per heavy atom. The van der Waals surface area contributed by atoms with Crippen molar-refractivity contribution in [2.75, 3.05) is 11.6 Å². The number of amides is 1. The van der Waals surface area contributed by atoms with Crippen LogP contribution in [0.1, 0.15) is 10.4 Å². The summed E-state index contributed by atoms with van der Waals surface area (Å²) in [7, 11) is 0. The van der Waals surface area contributed by atoms with Gasteiger partial charge in [-0.15, -0.1) is 23.1 Å². The van der Waals surface area contributed by atoms with Gasteiger partial charge in [-0.2, -0.15) is 0 Å². The first-order valence-electron chi connectivity index (χ1n) is 4.64. The Morgan fingerprint density at radius 2 is 2.38 bits per heavy atom. The van der Waals surface area contributed by atoms with Gasteiger partial charge in [-0.05, 0) is 24.5 Å². The third-order valence-corrected chi connectivity index (χ3v) is 3.40. The van der Waals surface area contributed by atoms with Gasteiger partial charge < -0.3 is 0 Å². The Hall–Kier alpha value is -1.33. The number of aromatic nitrogens is 1. The Bertz CT molecular complexity index is 482. The molecule has 5 heteroatoms. The molecule has 1 N–H and O–H groups in total. The zero-order chi connectivity index (χ0) is 11.4. The van der Waals surface area contributed by atoms with Gasteiger partial charge in [0, 0.05) is 22.0 Å². The highest BCUT2D eigenvalue weighted by Crippen LogP contribution is 2.17. The first-order valence-corrected chi connectivity index (χ1v) is 6.75. The molecule has 0 atom stereocenters. The summed E-state index contributed by atoms with van der Waals surface area (Å²) in [6.07, 6.45) is 3.65. The van der Waals surface area contributed by atoms with E-state index in [2.05, 4.69) is 10.3 Å². The fourth-order valence-corrected chi connectivity index (χ4v) is 2.20. The zero-order valence-corrected chi connectivity index (χ0v) is 10.3. The molecular weight excluding hydrogens is 240 g/mol. The summed E-state index contributed by atoms with van der Waals surface area (Å²) >= 11 is 3.02. The van der Waals surface area contributed by atoms with Gasteiger partial charge in [0.05, 0.1) is 0 Å². The maximum atomic E-state index is 11.8. The summed E-state index contributed by atoms with van der Waals surface area (Å²) in [5, 5.41) is 5.20. The summed E-state index contributed by atoms with van der Waals surface area (Å²) in [5.74, 6) is -0.120. The van der Waals surface area contributed by atoms with Crippen LogP contribution < -0.4 is 5.32 Å². The predicted octanol–water partition coefficient (Wildman–Crippen LogP) is 3.12. The van der Waals surface area contributed by atoms with Crippen molar-refractivity contribution in [1.82, 2.24) is 4.98 Å². The largest absolute Gasteiger partial charge is 0.298 e. The number of hydrogen-bond donors (Lipinski definition) is 1. The number of anilines is 1. The highest BCUT2D eigenvalue weighted by molar-refractivity contribution is 7.98. The molecule has 1 aromatic heterocycles. The van der Waals surface area contributed by atoms with Gasteiger partial charge in [0.1, 0.15) is 0 Å². The average molecular weight is 250 g/mol. The summed E-state index contributed by atoms with van der Waals surface area (Å²) in [5.41, 5.74) is 0.655. The Kier molecular flexibility index (Phi) is 3.58. The molecule has 0 saturated heterocycles. The lowest BCUT2D eigenvalue weighted by atomic mass is 10.2. The molecule has 0 unspecified atom stereocenters. The van der Waals surface area contributed by atoms with Crippen molar-refractivity contribution < 1.29 is 4.79 Å². The van der Waals surface area contributed by atoms with Crippen LogP contribution in [-0.2, 0) is 0 Å². The fraction of sp³-hybridized carbons (Fsp3) is 0.0909. The minimum Gasteiger partial charge on any atom is -0.298 e. The molecule has 3 nitrogen and oxygen atoms in total. The minimum absolute atomic E-state index is 0.120. The van der Waals surface area contributed by atoms with E-state index in [0.717, 1.165) is 4.90 Å². The molecule has 2 rings (SSSR count). The molecule has 0 radical (unpaired) electrons. The first-order chi connectivity index (χ1) is 7.79. The van der Waals surface area contributed by atoms with E-state index in [1.807, 2.05) is 29.8 Å². The van der Waals surface area contributed by atoms with Crippen molar-refractivity contribution in [3.8, 4) is 0 Å². The molecule has 1 heterocycles. The molecule has 16 heavy (non-hydrogen) atoms. The number of nitrogens with zero attached hydrogens (tertiary/aromatic N) is 1. The smallest absolute Gasteiger partial charge is 0.257 e. The summed E-state index contributed by atoms with van der Waals surface area (Å²) in [4.78, 5) is 16.9. The number of thiazole rings is 1. The van der Waals surface area contributed by atoms with Gasteiger partial charge in [-0.25, -0.2) is 4.98 Å². The van der Waals surface area contributed by atoms with Crippen molar-refractivity contribution in [1.29, 1.82) is 0 Å². The van der Waals surface area contributed by atoms with E-state index < -0.39 is 0 Å². The molecule has 2 aromatic rings. The SMILES string of the molecule is CSc1cccc(C(=O)Nc2nccs2)c1. The number of rotatable bonds is 3. The topological polar surface area (TPSA) is 42.0 Å². The highest BCUT2D eigenvalue weighted by Gasteiger charge is 2.07. The van der Waals surface area contributed by atoms with E-state index in [1.54, 1.807) is 24.0 Å². The second-order valence-corrected chi connectivity index (χ2v) is 4.80. The molecule has 0 bridgehead atoms. The predicted molar refractivity (Wildman–Crippen MR) is 68.3 cm³/mol. The van der Waals surface area contributed by atoms with Gasteiger partial charge in [-0.3, -0.25) is 10.1 Å².